The minimum Gasteiger partial charge on any atom is -0.508 e. The third-order valence-corrected chi connectivity index (χ3v) is 7.93. The van der Waals surface area contributed by atoms with Crippen LogP contribution in [0.5, 0.6) is 5.75 Å². The van der Waals surface area contributed by atoms with E-state index in [1.165, 1.54) is 17.0 Å². The third kappa shape index (κ3) is 5.63. The van der Waals surface area contributed by atoms with Crippen molar-refractivity contribution in [1.29, 1.82) is 0 Å². The number of nitrogens with zero attached hydrogens (tertiary/aromatic N) is 2. The Balaban J connectivity index is 1.85. The van der Waals surface area contributed by atoms with E-state index in [9.17, 15) is 14.7 Å². The maximum atomic E-state index is 14.0. The van der Waals surface area contributed by atoms with Crippen molar-refractivity contribution in [3.05, 3.63) is 74.7 Å². The first-order valence-electron chi connectivity index (χ1n) is 11.7. The van der Waals surface area contributed by atoms with Crippen LogP contribution in [-0.2, 0) is 11.2 Å². The van der Waals surface area contributed by atoms with Gasteiger partial charge >= 0.3 is 0 Å². The van der Waals surface area contributed by atoms with E-state index in [2.05, 4.69) is 9.69 Å². The number of aromatic nitrogens is 1. The Labute approximate surface area is 219 Å². The van der Waals surface area contributed by atoms with Crippen LogP contribution in [-0.4, -0.2) is 27.3 Å². The zero-order valence-electron chi connectivity index (χ0n) is 19.3. The van der Waals surface area contributed by atoms with E-state index in [4.69, 9.17) is 23.2 Å². The summed E-state index contributed by atoms with van der Waals surface area (Å²) in [6.45, 7) is 1.99. The number of nitrogens with one attached hydrogen (secondary N) is 1. The number of aryl methyl sites for hydroxylation is 1. The SMILES string of the molecule is CCc1ccccc1N(C(=O)c1nsc(Cl)c1Cl)[C@@H](C(=O)NC1CCCCC1)c1ccc(O)cc1. The van der Waals surface area contributed by atoms with E-state index in [1.54, 1.807) is 12.1 Å². The van der Waals surface area contributed by atoms with Gasteiger partial charge in [-0.1, -0.05) is 79.7 Å². The van der Waals surface area contributed by atoms with Gasteiger partial charge in [-0.15, -0.1) is 0 Å². The van der Waals surface area contributed by atoms with E-state index in [1.807, 2.05) is 31.2 Å². The fourth-order valence-electron chi connectivity index (χ4n) is 4.52. The molecule has 2 amide bonds. The Kier molecular flexibility index (Phi) is 8.31. The van der Waals surface area contributed by atoms with Gasteiger partial charge in [-0.3, -0.25) is 14.5 Å². The molecule has 0 unspecified atom stereocenters. The third-order valence-electron chi connectivity index (χ3n) is 6.32. The number of phenols is 1. The first-order valence-corrected chi connectivity index (χ1v) is 13.2. The van der Waals surface area contributed by atoms with Gasteiger partial charge in [0, 0.05) is 11.7 Å². The molecular formula is C26H27Cl2N3O3S. The number of carbonyl (C=O) groups excluding carboxylic acids is 2. The summed E-state index contributed by atoms with van der Waals surface area (Å²) in [6.07, 6.45) is 5.73. The van der Waals surface area contributed by atoms with Gasteiger partial charge in [0.05, 0.1) is 0 Å². The predicted molar refractivity (Wildman–Crippen MR) is 141 cm³/mol. The molecule has 2 aromatic carbocycles. The van der Waals surface area contributed by atoms with E-state index < -0.39 is 11.9 Å². The maximum absolute atomic E-state index is 14.0. The summed E-state index contributed by atoms with van der Waals surface area (Å²) in [7, 11) is 0. The molecule has 0 bridgehead atoms. The zero-order valence-corrected chi connectivity index (χ0v) is 21.7. The van der Waals surface area contributed by atoms with Crippen molar-refractivity contribution >= 4 is 52.2 Å². The molecule has 1 aromatic heterocycles. The standard InChI is InChI=1S/C26H27Cl2N3O3S/c1-2-16-8-6-7-11-20(16)31(26(34)22-21(27)24(28)35-30-22)23(17-12-14-19(32)15-13-17)25(33)29-18-9-4-3-5-10-18/h6-8,11-15,18,23,32H,2-5,9-10H2,1H3,(H,29,33)/t23-/m1/s1. The fraction of sp³-hybridized carbons (Fsp3) is 0.346. The van der Waals surface area contributed by atoms with Crippen LogP contribution in [0.4, 0.5) is 5.69 Å². The molecule has 9 heteroatoms. The minimum atomic E-state index is -1.01. The summed E-state index contributed by atoms with van der Waals surface area (Å²) in [5.41, 5.74) is 2.05. The molecule has 1 aliphatic rings. The summed E-state index contributed by atoms with van der Waals surface area (Å²) >= 11 is 13.4. The average Bonchev–Trinajstić information content (AvgIpc) is 3.21. The van der Waals surface area contributed by atoms with Crippen LogP contribution in [0.1, 0.15) is 66.7 Å². The quantitative estimate of drug-likeness (QED) is 0.361. The molecule has 1 fully saturated rings. The Morgan fingerprint density at radius 1 is 1.11 bits per heavy atom. The van der Waals surface area contributed by atoms with Gasteiger partial charge < -0.3 is 10.4 Å². The number of halogens is 2. The van der Waals surface area contributed by atoms with Gasteiger partial charge in [0.15, 0.2) is 5.69 Å². The highest BCUT2D eigenvalue weighted by Gasteiger charge is 2.37. The number of anilines is 1. The lowest BCUT2D eigenvalue weighted by Crippen LogP contribution is -2.47. The largest absolute Gasteiger partial charge is 0.508 e. The number of benzene rings is 2. The molecule has 0 spiro atoms. The van der Waals surface area contributed by atoms with Gasteiger partial charge in [0.25, 0.3) is 5.91 Å². The number of para-hydroxylation sites is 1. The molecule has 0 radical (unpaired) electrons. The summed E-state index contributed by atoms with van der Waals surface area (Å²) in [5, 5.41) is 13.1. The summed E-state index contributed by atoms with van der Waals surface area (Å²) in [6, 6.07) is 12.9. The van der Waals surface area contributed by atoms with Crippen LogP contribution < -0.4 is 10.2 Å². The predicted octanol–water partition coefficient (Wildman–Crippen LogP) is 6.55. The van der Waals surface area contributed by atoms with E-state index in [0.717, 1.165) is 49.2 Å². The van der Waals surface area contributed by atoms with Crippen molar-refractivity contribution in [2.45, 2.75) is 57.5 Å². The Morgan fingerprint density at radius 2 is 1.80 bits per heavy atom. The molecule has 184 valence electrons. The van der Waals surface area contributed by atoms with Crippen LogP contribution in [0.2, 0.25) is 9.36 Å². The number of rotatable bonds is 7. The molecular weight excluding hydrogens is 505 g/mol. The fourth-order valence-corrected chi connectivity index (χ4v) is 5.51. The Morgan fingerprint density at radius 3 is 2.43 bits per heavy atom. The highest BCUT2D eigenvalue weighted by Crippen LogP contribution is 2.37. The van der Waals surface area contributed by atoms with Crippen molar-refractivity contribution in [2.75, 3.05) is 4.90 Å². The number of hydrogen-bond acceptors (Lipinski definition) is 5. The summed E-state index contributed by atoms with van der Waals surface area (Å²) < 4.78 is 4.41. The van der Waals surface area contributed by atoms with Crippen LogP contribution in [0, 0.1) is 0 Å². The zero-order chi connectivity index (χ0) is 24.9. The smallest absolute Gasteiger partial charge is 0.280 e. The van der Waals surface area contributed by atoms with Crippen LogP contribution in [0.3, 0.4) is 0 Å². The molecule has 2 N–H and O–H groups in total. The lowest BCUT2D eigenvalue weighted by Gasteiger charge is -2.34. The number of amides is 2. The molecule has 0 saturated heterocycles. The number of aromatic hydroxyl groups is 1. The van der Waals surface area contributed by atoms with Crippen molar-refractivity contribution in [2.24, 2.45) is 0 Å². The highest BCUT2D eigenvalue weighted by atomic mass is 35.5. The van der Waals surface area contributed by atoms with Crippen LogP contribution >= 0.6 is 34.7 Å². The molecule has 1 saturated carbocycles. The van der Waals surface area contributed by atoms with E-state index >= 15 is 0 Å². The van der Waals surface area contributed by atoms with Crippen molar-refractivity contribution in [1.82, 2.24) is 9.69 Å². The summed E-state index contributed by atoms with van der Waals surface area (Å²) in [4.78, 5) is 29.4. The second-order valence-electron chi connectivity index (χ2n) is 8.61. The van der Waals surface area contributed by atoms with Crippen molar-refractivity contribution < 1.29 is 14.7 Å². The van der Waals surface area contributed by atoms with Gasteiger partial charge in [-0.05, 0) is 60.1 Å². The molecule has 4 rings (SSSR count). The number of hydrogen-bond donors (Lipinski definition) is 2. The van der Waals surface area contributed by atoms with Crippen LogP contribution in [0.25, 0.3) is 0 Å². The highest BCUT2D eigenvalue weighted by molar-refractivity contribution is 7.11. The monoisotopic (exact) mass is 531 g/mol. The lowest BCUT2D eigenvalue weighted by molar-refractivity contribution is -0.123. The topological polar surface area (TPSA) is 82.5 Å². The molecule has 1 heterocycles. The minimum absolute atomic E-state index is 0.00168. The van der Waals surface area contributed by atoms with Gasteiger partial charge in [0.2, 0.25) is 5.91 Å². The first-order chi connectivity index (χ1) is 16.9. The van der Waals surface area contributed by atoms with Gasteiger partial charge in [-0.25, -0.2) is 0 Å². The van der Waals surface area contributed by atoms with Gasteiger partial charge in [-0.2, -0.15) is 4.37 Å². The Bertz CT molecular complexity index is 1190. The molecule has 1 aliphatic carbocycles. The normalized spacial score (nSPS) is 14.9. The second kappa shape index (κ2) is 11.4. The first kappa shape index (κ1) is 25.5. The number of phenolic OH excluding ortho intramolecular Hbond substituents is 1. The van der Waals surface area contributed by atoms with Gasteiger partial charge in [0.1, 0.15) is 21.2 Å². The maximum Gasteiger partial charge on any atom is 0.280 e. The van der Waals surface area contributed by atoms with Crippen molar-refractivity contribution in [3.8, 4) is 5.75 Å². The molecule has 35 heavy (non-hydrogen) atoms. The number of carbonyl (C=O) groups is 2. The summed E-state index contributed by atoms with van der Waals surface area (Å²) in [5.74, 6) is -0.739. The van der Waals surface area contributed by atoms with Crippen molar-refractivity contribution in [3.63, 3.8) is 0 Å². The molecule has 6 nitrogen and oxygen atoms in total. The lowest BCUT2D eigenvalue weighted by atomic mass is 9.94. The molecule has 0 aliphatic heterocycles. The van der Waals surface area contributed by atoms with E-state index in [0.29, 0.717) is 17.7 Å². The van der Waals surface area contributed by atoms with E-state index in [-0.39, 0.29) is 32.8 Å². The molecule has 3 aromatic rings. The average molecular weight is 532 g/mol. The second-order valence-corrected chi connectivity index (χ2v) is 10.4. The Hall–Kier alpha value is -2.61. The molecule has 1 atom stereocenters. The van der Waals surface area contributed by atoms with Crippen LogP contribution in [0.15, 0.2) is 48.5 Å².